The molecule has 33 heavy (non-hydrogen) atoms. The number of rotatable bonds is 8. The van der Waals surface area contributed by atoms with Crippen LogP contribution in [0.5, 0.6) is 5.75 Å². The fraction of sp³-hybridized carbons (Fsp3) is 0.292. The van der Waals surface area contributed by atoms with Crippen LogP contribution in [0.25, 0.3) is 22.3 Å². The van der Waals surface area contributed by atoms with Crippen LogP contribution in [0.3, 0.4) is 0 Å². The fourth-order valence-electron chi connectivity index (χ4n) is 3.70. The normalized spacial score (nSPS) is 13.2. The highest BCUT2D eigenvalue weighted by Gasteiger charge is 2.28. The van der Waals surface area contributed by atoms with Gasteiger partial charge in [0.15, 0.2) is 6.61 Å². The molecule has 5 rings (SSSR count). The van der Waals surface area contributed by atoms with Gasteiger partial charge in [-0.25, -0.2) is 4.98 Å². The van der Waals surface area contributed by atoms with Gasteiger partial charge >= 0.3 is 5.97 Å². The summed E-state index contributed by atoms with van der Waals surface area (Å²) >= 11 is 0. The Bertz CT molecular complexity index is 1370. The van der Waals surface area contributed by atoms with Crippen LogP contribution in [-0.2, 0) is 22.6 Å². The maximum atomic E-state index is 12.9. The average molecular weight is 446 g/mol. The van der Waals surface area contributed by atoms with Crippen molar-refractivity contribution >= 4 is 16.9 Å². The Kier molecular flexibility index (Phi) is 5.60. The summed E-state index contributed by atoms with van der Waals surface area (Å²) in [4.78, 5) is 34.2. The zero-order valence-electron chi connectivity index (χ0n) is 18.1. The molecule has 1 aliphatic carbocycles. The van der Waals surface area contributed by atoms with Gasteiger partial charge < -0.3 is 14.0 Å². The van der Waals surface area contributed by atoms with E-state index in [2.05, 4.69) is 15.1 Å². The van der Waals surface area contributed by atoms with Gasteiger partial charge in [-0.05, 0) is 37.1 Å². The molecule has 0 aliphatic heterocycles. The van der Waals surface area contributed by atoms with Gasteiger partial charge in [-0.3, -0.25) is 14.2 Å². The van der Waals surface area contributed by atoms with Crippen molar-refractivity contribution in [2.24, 2.45) is 0 Å². The predicted molar refractivity (Wildman–Crippen MR) is 119 cm³/mol. The van der Waals surface area contributed by atoms with Crippen molar-refractivity contribution < 1.29 is 18.8 Å². The van der Waals surface area contributed by atoms with Gasteiger partial charge in [-0.15, -0.1) is 0 Å². The van der Waals surface area contributed by atoms with E-state index in [0.29, 0.717) is 34.7 Å². The van der Waals surface area contributed by atoms with E-state index in [-0.39, 0.29) is 30.5 Å². The Balaban J connectivity index is 1.23. The molecule has 1 saturated carbocycles. The summed E-state index contributed by atoms with van der Waals surface area (Å²) in [5.74, 6) is 1.43. The van der Waals surface area contributed by atoms with Gasteiger partial charge in [0.05, 0.1) is 24.4 Å². The second kappa shape index (κ2) is 8.85. The first-order valence-corrected chi connectivity index (χ1v) is 10.7. The fourth-order valence-corrected chi connectivity index (χ4v) is 3.70. The number of carbonyl (C=O) groups is 1. The van der Waals surface area contributed by atoms with E-state index in [9.17, 15) is 9.59 Å². The molecule has 0 unspecified atom stereocenters. The van der Waals surface area contributed by atoms with Crippen LogP contribution in [0.2, 0.25) is 0 Å². The number of methoxy groups -OCH3 is 1. The van der Waals surface area contributed by atoms with Crippen molar-refractivity contribution in [3.8, 4) is 17.1 Å². The average Bonchev–Trinajstić information content (AvgIpc) is 3.57. The Labute approximate surface area is 189 Å². The molecule has 168 valence electrons. The van der Waals surface area contributed by atoms with Crippen molar-refractivity contribution in [1.82, 2.24) is 19.7 Å². The minimum Gasteiger partial charge on any atom is -0.497 e. The van der Waals surface area contributed by atoms with Crippen LogP contribution in [0, 0.1) is 0 Å². The number of nitrogens with zero attached hydrogens (tertiary/aromatic N) is 4. The van der Waals surface area contributed by atoms with Gasteiger partial charge in [-0.1, -0.05) is 29.4 Å². The molecule has 2 aromatic carbocycles. The first-order chi connectivity index (χ1) is 16.1. The highest BCUT2D eigenvalue weighted by molar-refractivity contribution is 5.77. The van der Waals surface area contributed by atoms with Crippen molar-refractivity contribution in [2.75, 3.05) is 7.11 Å². The van der Waals surface area contributed by atoms with E-state index in [1.165, 1.54) is 0 Å². The highest BCUT2D eigenvalue weighted by atomic mass is 16.6. The van der Waals surface area contributed by atoms with Gasteiger partial charge in [-0.2, -0.15) is 4.98 Å². The van der Waals surface area contributed by atoms with Crippen molar-refractivity contribution in [3.05, 3.63) is 70.6 Å². The second-order valence-electron chi connectivity index (χ2n) is 7.86. The van der Waals surface area contributed by atoms with Crippen molar-refractivity contribution in [3.63, 3.8) is 0 Å². The van der Waals surface area contributed by atoms with Crippen LogP contribution in [-0.4, -0.2) is 32.8 Å². The number of benzene rings is 2. The monoisotopic (exact) mass is 446 g/mol. The number of carbonyl (C=O) groups excluding carboxylic acids is 1. The maximum Gasteiger partial charge on any atom is 0.306 e. The minimum absolute atomic E-state index is 0.0533. The quantitative estimate of drug-likeness (QED) is 0.379. The molecule has 0 bridgehead atoms. The summed E-state index contributed by atoms with van der Waals surface area (Å²) in [6.07, 6.45) is 2.30. The summed E-state index contributed by atoms with van der Waals surface area (Å²) in [6.45, 7) is -0.129. The van der Waals surface area contributed by atoms with Crippen LogP contribution in [0.15, 0.2) is 57.8 Å². The largest absolute Gasteiger partial charge is 0.497 e. The summed E-state index contributed by atoms with van der Waals surface area (Å²) < 4.78 is 17.4. The minimum atomic E-state index is -0.430. The van der Waals surface area contributed by atoms with Crippen molar-refractivity contribution in [2.45, 2.75) is 38.3 Å². The number of hydrogen-bond donors (Lipinski definition) is 0. The maximum absolute atomic E-state index is 12.9. The molecule has 4 aromatic rings. The zero-order valence-corrected chi connectivity index (χ0v) is 18.1. The Hall–Kier alpha value is -4.01. The third-order valence-electron chi connectivity index (χ3n) is 5.50. The van der Waals surface area contributed by atoms with Crippen LogP contribution in [0.1, 0.15) is 37.0 Å². The highest BCUT2D eigenvalue weighted by Crippen LogP contribution is 2.35. The van der Waals surface area contributed by atoms with E-state index in [1.54, 1.807) is 23.8 Å². The van der Waals surface area contributed by atoms with E-state index in [4.69, 9.17) is 14.0 Å². The van der Waals surface area contributed by atoms with E-state index in [0.717, 1.165) is 18.4 Å². The smallest absolute Gasteiger partial charge is 0.306 e. The summed E-state index contributed by atoms with van der Waals surface area (Å²) in [5.41, 5.74) is 1.32. The third-order valence-corrected chi connectivity index (χ3v) is 5.50. The van der Waals surface area contributed by atoms with Crippen LogP contribution in [0.4, 0.5) is 0 Å². The number of aryl methyl sites for hydroxylation is 1. The molecular formula is C24H22N4O5. The van der Waals surface area contributed by atoms with E-state index < -0.39 is 5.97 Å². The van der Waals surface area contributed by atoms with Crippen LogP contribution >= 0.6 is 0 Å². The number of esters is 1. The standard InChI is InChI=1S/C24H22N4O5/c1-31-17-6-4-5-15(13-17)23-26-21(33-27-23)14-32-22(29)12-11-20-25-19-8-3-2-7-18(19)24(30)28(20)16-9-10-16/h2-8,13,16H,9-12,14H2,1H3. The van der Waals surface area contributed by atoms with E-state index in [1.807, 2.05) is 36.4 Å². The van der Waals surface area contributed by atoms with E-state index >= 15 is 0 Å². The number of fused-ring (bicyclic) bond motifs is 1. The SMILES string of the molecule is COc1cccc(-c2noc(COC(=O)CCc3nc4ccccc4c(=O)n3C3CC3)n2)c1. The Morgan fingerprint density at radius 2 is 2.00 bits per heavy atom. The number of hydrogen-bond acceptors (Lipinski definition) is 8. The zero-order chi connectivity index (χ0) is 22.8. The molecule has 0 radical (unpaired) electrons. The lowest BCUT2D eigenvalue weighted by Gasteiger charge is -2.12. The lowest BCUT2D eigenvalue weighted by molar-refractivity contribution is -0.145. The molecule has 2 heterocycles. The van der Waals surface area contributed by atoms with Gasteiger partial charge in [0.2, 0.25) is 5.82 Å². The molecular weight excluding hydrogens is 424 g/mol. The molecule has 0 spiro atoms. The lowest BCUT2D eigenvalue weighted by atomic mass is 10.2. The predicted octanol–water partition coefficient (Wildman–Crippen LogP) is 3.47. The molecule has 0 atom stereocenters. The molecule has 0 saturated heterocycles. The Morgan fingerprint density at radius 1 is 1.15 bits per heavy atom. The molecule has 9 nitrogen and oxygen atoms in total. The summed E-state index contributed by atoms with van der Waals surface area (Å²) in [5, 5.41) is 4.53. The molecule has 2 aromatic heterocycles. The third kappa shape index (κ3) is 4.48. The van der Waals surface area contributed by atoms with Gasteiger partial charge in [0.25, 0.3) is 11.4 Å². The molecule has 9 heteroatoms. The van der Waals surface area contributed by atoms with Gasteiger partial charge in [0, 0.05) is 18.0 Å². The first-order valence-electron chi connectivity index (χ1n) is 10.7. The molecule has 1 aliphatic rings. The first kappa shape index (κ1) is 20.9. The molecule has 1 fully saturated rings. The van der Waals surface area contributed by atoms with Crippen molar-refractivity contribution in [1.29, 1.82) is 0 Å². The summed E-state index contributed by atoms with van der Waals surface area (Å²) in [7, 11) is 1.58. The van der Waals surface area contributed by atoms with Gasteiger partial charge in [0.1, 0.15) is 11.6 Å². The molecule has 0 N–H and O–H groups in total. The second-order valence-corrected chi connectivity index (χ2v) is 7.86. The topological polar surface area (TPSA) is 109 Å². The molecule has 0 amide bonds. The summed E-state index contributed by atoms with van der Waals surface area (Å²) in [6, 6.07) is 14.7. The number of aromatic nitrogens is 4. The number of ether oxygens (including phenoxy) is 2. The number of para-hydroxylation sites is 1. The van der Waals surface area contributed by atoms with Crippen LogP contribution < -0.4 is 10.3 Å². The Morgan fingerprint density at radius 3 is 2.82 bits per heavy atom. The lowest BCUT2D eigenvalue weighted by Crippen LogP contribution is -2.25.